The molecule has 1 amide bonds. The number of hydrogen-bond donors (Lipinski definition) is 1. The van der Waals surface area contributed by atoms with Crippen molar-refractivity contribution in [2.24, 2.45) is 23.2 Å². The molecule has 5 rings (SSSR count). The summed E-state index contributed by atoms with van der Waals surface area (Å²) < 4.78 is 1.40. The van der Waals surface area contributed by atoms with Crippen LogP contribution in [0.5, 0.6) is 0 Å². The molecule has 6 nitrogen and oxygen atoms in total. The maximum Gasteiger partial charge on any atom is 0.331 e. The van der Waals surface area contributed by atoms with Gasteiger partial charge in [-0.15, -0.1) is 0 Å². The van der Waals surface area contributed by atoms with Gasteiger partial charge in [0.25, 0.3) is 5.91 Å². The summed E-state index contributed by atoms with van der Waals surface area (Å²) in [6, 6.07) is 1.66. The van der Waals surface area contributed by atoms with Crippen molar-refractivity contribution < 1.29 is 4.79 Å². The molecule has 0 aromatic carbocycles. The molecular formula is C17H18N4O2. The molecule has 6 heteroatoms. The van der Waals surface area contributed by atoms with Crippen molar-refractivity contribution >= 4 is 11.6 Å². The van der Waals surface area contributed by atoms with E-state index >= 15 is 0 Å². The van der Waals surface area contributed by atoms with E-state index in [0.29, 0.717) is 29.1 Å². The smallest absolute Gasteiger partial charge is 0.331 e. The van der Waals surface area contributed by atoms with Gasteiger partial charge in [0.2, 0.25) is 0 Å². The number of nitrogens with one attached hydrogen (secondary N) is 1. The molecule has 1 N–H and O–H groups in total. The van der Waals surface area contributed by atoms with Crippen LogP contribution >= 0.6 is 0 Å². The number of carbonyl (C=O) groups excluding carboxylic acids is 1. The van der Waals surface area contributed by atoms with Gasteiger partial charge in [-0.2, -0.15) is 0 Å². The molecule has 1 saturated heterocycles. The summed E-state index contributed by atoms with van der Waals surface area (Å²) >= 11 is 0. The van der Waals surface area contributed by atoms with Gasteiger partial charge in [0.15, 0.2) is 0 Å². The van der Waals surface area contributed by atoms with Crippen molar-refractivity contribution in [2.45, 2.75) is 13.3 Å². The van der Waals surface area contributed by atoms with E-state index in [9.17, 15) is 9.59 Å². The highest BCUT2D eigenvalue weighted by atomic mass is 16.2. The van der Waals surface area contributed by atoms with Gasteiger partial charge >= 0.3 is 5.69 Å². The monoisotopic (exact) mass is 310 g/mol. The molecule has 1 saturated carbocycles. The summed E-state index contributed by atoms with van der Waals surface area (Å²) in [6.45, 7) is 3.85. The summed E-state index contributed by atoms with van der Waals surface area (Å²) in [5.41, 5.74) is 0.699. The zero-order valence-corrected chi connectivity index (χ0v) is 12.9. The lowest BCUT2D eigenvalue weighted by molar-refractivity contribution is 0.0758. The fraction of sp³-hybridized carbons (Fsp3) is 0.471. The minimum atomic E-state index is -0.323. The Morgan fingerprint density at radius 3 is 3.13 bits per heavy atom. The number of likely N-dealkylation sites (tertiary alicyclic amines) is 1. The van der Waals surface area contributed by atoms with Crippen LogP contribution in [0.25, 0.3) is 5.65 Å². The molecular weight excluding hydrogens is 292 g/mol. The first-order valence-electron chi connectivity index (χ1n) is 8.10. The van der Waals surface area contributed by atoms with Crippen LogP contribution in [0.2, 0.25) is 0 Å². The van der Waals surface area contributed by atoms with Gasteiger partial charge < -0.3 is 9.88 Å². The second kappa shape index (κ2) is 4.13. The highest BCUT2D eigenvalue weighted by Gasteiger charge is 2.58. The number of nitrogens with zero attached hydrogens (tertiary/aromatic N) is 3. The van der Waals surface area contributed by atoms with E-state index in [0.717, 1.165) is 13.1 Å². The number of allylic oxidation sites excluding steroid dienone is 2. The number of aromatic amines is 1. The van der Waals surface area contributed by atoms with Gasteiger partial charge in [-0.25, -0.2) is 9.78 Å². The average molecular weight is 310 g/mol. The van der Waals surface area contributed by atoms with Gasteiger partial charge in [0, 0.05) is 31.5 Å². The van der Waals surface area contributed by atoms with E-state index in [2.05, 4.69) is 29.0 Å². The van der Waals surface area contributed by atoms with Crippen molar-refractivity contribution in [3.63, 3.8) is 0 Å². The normalized spacial score (nSPS) is 34.5. The van der Waals surface area contributed by atoms with E-state index in [-0.39, 0.29) is 17.0 Å². The van der Waals surface area contributed by atoms with Crippen LogP contribution in [-0.4, -0.2) is 38.3 Å². The topological polar surface area (TPSA) is 70.5 Å². The van der Waals surface area contributed by atoms with Crippen LogP contribution in [-0.2, 0) is 0 Å². The van der Waals surface area contributed by atoms with Crippen LogP contribution in [0.3, 0.4) is 0 Å². The summed E-state index contributed by atoms with van der Waals surface area (Å²) in [5.74, 6) is 1.65. The zero-order valence-electron chi connectivity index (χ0n) is 12.9. The fourth-order valence-corrected chi connectivity index (χ4v) is 4.94. The first-order chi connectivity index (χ1) is 11.1. The molecule has 4 atom stereocenters. The minimum absolute atomic E-state index is 0.0948. The standard InChI is InChI=1S/C17H18N4O2/c1-17-9-20(8-12(17)10-2-3-11(17)6-10)15(22)13-7-14-18-4-5-21(14)16(23)19-13/h2-5,7,10-12H,6,8-9H2,1H3,(H,19,23)/t10-,11+,12-,17+/m0/s1. The van der Waals surface area contributed by atoms with Gasteiger partial charge in [-0.05, 0) is 29.6 Å². The molecule has 2 aliphatic carbocycles. The Labute approximate surface area is 132 Å². The van der Waals surface area contributed by atoms with Crippen molar-refractivity contribution in [1.29, 1.82) is 0 Å². The van der Waals surface area contributed by atoms with Gasteiger partial charge in [-0.1, -0.05) is 19.1 Å². The zero-order chi connectivity index (χ0) is 15.8. The molecule has 3 aliphatic rings. The van der Waals surface area contributed by atoms with E-state index in [1.807, 2.05) is 4.90 Å². The predicted octanol–water partition coefficient (Wildman–Crippen LogP) is 1.31. The van der Waals surface area contributed by atoms with Gasteiger partial charge in [0.1, 0.15) is 11.3 Å². The second-order valence-corrected chi connectivity index (χ2v) is 7.33. The lowest BCUT2D eigenvalue weighted by Crippen LogP contribution is -2.35. The Hall–Kier alpha value is -2.37. The summed E-state index contributed by atoms with van der Waals surface area (Å²) in [6.07, 6.45) is 9.04. The number of H-pyrrole nitrogens is 1. The molecule has 2 aromatic rings. The van der Waals surface area contributed by atoms with Crippen molar-refractivity contribution in [3.8, 4) is 0 Å². The summed E-state index contributed by atoms with van der Waals surface area (Å²) in [5, 5.41) is 0. The number of rotatable bonds is 1. The summed E-state index contributed by atoms with van der Waals surface area (Å²) in [4.78, 5) is 33.6. The third-order valence-corrected chi connectivity index (χ3v) is 6.20. The lowest BCUT2D eigenvalue weighted by Gasteiger charge is -2.31. The van der Waals surface area contributed by atoms with Crippen LogP contribution < -0.4 is 5.69 Å². The number of imidazole rings is 1. The van der Waals surface area contributed by atoms with Crippen LogP contribution in [0.15, 0.2) is 35.4 Å². The highest BCUT2D eigenvalue weighted by Crippen LogP contribution is 2.59. The maximum absolute atomic E-state index is 12.9. The average Bonchev–Trinajstić information content (AvgIpc) is 3.26. The van der Waals surface area contributed by atoms with Crippen LogP contribution in [0, 0.1) is 23.2 Å². The third kappa shape index (κ3) is 1.61. The van der Waals surface area contributed by atoms with Crippen LogP contribution in [0.4, 0.5) is 0 Å². The summed E-state index contributed by atoms with van der Waals surface area (Å²) in [7, 11) is 0. The third-order valence-electron chi connectivity index (χ3n) is 6.20. The van der Waals surface area contributed by atoms with E-state index in [4.69, 9.17) is 0 Å². The Bertz CT molecular complexity index is 911. The van der Waals surface area contributed by atoms with E-state index in [1.165, 1.54) is 10.8 Å². The van der Waals surface area contributed by atoms with Crippen molar-refractivity contribution in [1.82, 2.24) is 19.3 Å². The lowest BCUT2D eigenvalue weighted by atomic mass is 9.72. The Morgan fingerprint density at radius 1 is 1.43 bits per heavy atom. The molecule has 3 heterocycles. The van der Waals surface area contributed by atoms with Gasteiger partial charge in [-0.3, -0.25) is 9.20 Å². The van der Waals surface area contributed by atoms with Gasteiger partial charge in [0.05, 0.1) is 0 Å². The quantitative estimate of drug-likeness (QED) is 0.807. The molecule has 2 aromatic heterocycles. The molecule has 0 radical (unpaired) electrons. The van der Waals surface area contributed by atoms with Crippen molar-refractivity contribution in [3.05, 3.63) is 46.8 Å². The van der Waals surface area contributed by atoms with Crippen molar-refractivity contribution in [2.75, 3.05) is 13.1 Å². The number of amides is 1. The maximum atomic E-state index is 12.9. The Kier molecular flexibility index (Phi) is 2.35. The first kappa shape index (κ1) is 13.1. The highest BCUT2D eigenvalue weighted by molar-refractivity contribution is 5.93. The molecule has 2 bridgehead atoms. The minimum Gasteiger partial charge on any atom is -0.336 e. The number of fused-ring (bicyclic) bond motifs is 6. The molecule has 23 heavy (non-hydrogen) atoms. The molecule has 0 spiro atoms. The molecule has 0 unspecified atom stereocenters. The fourth-order valence-electron chi connectivity index (χ4n) is 4.94. The Balaban J connectivity index is 1.48. The number of hydrogen-bond acceptors (Lipinski definition) is 3. The molecule has 2 fully saturated rings. The SMILES string of the molecule is C[C@]12CN(C(=O)c3cc4nccn4c(=O)[nH]3)C[C@H]1[C@H]1C=C[C@@H]2C1. The first-order valence-corrected chi connectivity index (χ1v) is 8.10. The Morgan fingerprint density at radius 2 is 2.30 bits per heavy atom. The second-order valence-electron chi connectivity index (χ2n) is 7.33. The molecule has 1 aliphatic heterocycles. The number of carbonyl (C=O) groups is 1. The van der Waals surface area contributed by atoms with E-state index in [1.54, 1.807) is 18.5 Å². The predicted molar refractivity (Wildman–Crippen MR) is 84.1 cm³/mol. The molecule has 118 valence electrons. The number of aromatic nitrogens is 3. The van der Waals surface area contributed by atoms with E-state index < -0.39 is 0 Å². The largest absolute Gasteiger partial charge is 0.336 e. The van der Waals surface area contributed by atoms with Crippen LogP contribution in [0.1, 0.15) is 23.8 Å².